The Bertz CT molecular complexity index is 1180. The Morgan fingerprint density at radius 1 is 0.967 bits per heavy atom. The maximum absolute atomic E-state index is 11.9. The maximum atomic E-state index is 11.9. The van der Waals surface area contributed by atoms with Gasteiger partial charge in [0.2, 0.25) is 0 Å². The second kappa shape index (κ2) is 7.58. The molecule has 3 aromatic carbocycles. The van der Waals surface area contributed by atoms with Crippen molar-refractivity contribution in [3.8, 4) is 16.9 Å². The number of carbonyl (C=O) groups excluding carboxylic acids is 1. The molecule has 2 aliphatic rings. The Morgan fingerprint density at radius 3 is 2.40 bits per heavy atom. The van der Waals surface area contributed by atoms with Crippen LogP contribution in [-0.2, 0) is 22.2 Å². The normalized spacial score (nSPS) is 19.9. The Hall–Kier alpha value is -3.18. The third-order valence-electron chi connectivity index (χ3n) is 5.65. The van der Waals surface area contributed by atoms with Gasteiger partial charge in [0.25, 0.3) is 5.91 Å². The van der Waals surface area contributed by atoms with Gasteiger partial charge in [-0.1, -0.05) is 60.2 Å². The minimum absolute atomic E-state index is 0.0133. The molecule has 0 bridgehead atoms. The van der Waals surface area contributed by atoms with Gasteiger partial charge >= 0.3 is 0 Å². The lowest BCUT2D eigenvalue weighted by Crippen LogP contribution is -2.16. The van der Waals surface area contributed by atoms with E-state index in [1.54, 1.807) is 0 Å². The number of ether oxygens (including phenoxy) is 1. The molecule has 5 rings (SSSR count). The lowest BCUT2D eigenvalue weighted by molar-refractivity contribution is -0.114. The van der Waals surface area contributed by atoms with E-state index in [2.05, 4.69) is 54.1 Å². The molecule has 3 aromatic rings. The van der Waals surface area contributed by atoms with E-state index in [9.17, 15) is 9.00 Å². The van der Waals surface area contributed by atoms with E-state index in [4.69, 9.17) is 4.74 Å². The maximum Gasteiger partial charge on any atom is 0.257 e. The number of nitrogens with one attached hydrogen (secondary N) is 1. The third-order valence-corrected chi connectivity index (χ3v) is 6.79. The molecule has 2 atom stereocenters. The van der Waals surface area contributed by atoms with Gasteiger partial charge in [-0.05, 0) is 59.7 Å². The Balaban J connectivity index is 1.38. The van der Waals surface area contributed by atoms with Crippen molar-refractivity contribution in [3.63, 3.8) is 0 Å². The van der Waals surface area contributed by atoms with Gasteiger partial charge in [0.1, 0.15) is 11.9 Å². The van der Waals surface area contributed by atoms with Crippen LogP contribution in [0.2, 0.25) is 0 Å². The van der Waals surface area contributed by atoms with Crippen molar-refractivity contribution in [1.29, 1.82) is 0 Å². The van der Waals surface area contributed by atoms with Crippen LogP contribution in [0.25, 0.3) is 16.0 Å². The van der Waals surface area contributed by atoms with Crippen LogP contribution in [0.15, 0.2) is 72.8 Å². The number of hydrogen-bond donors (Lipinski definition) is 1. The number of fused-ring (bicyclic) bond motifs is 1. The molecule has 1 aliphatic heterocycles. The minimum atomic E-state index is -1.48. The average Bonchev–Trinajstić information content (AvgIpc) is 3.31. The molecule has 4 nitrogen and oxygen atoms in total. The van der Waals surface area contributed by atoms with E-state index < -0.39 is 11.0 Å². The fourth-order valence-corrected chi connectivity index (χ4v) is 5.06. The van der Waals surface area contributed by atoms with Gasteiger partial charge in [-0.25, -0.2) is 4.21 Å². The zero-order valence-corrected chi connectivity index (χ0v) is 17.4. The van der Waals surface area contributed by atoms with Crippen LogP contribution < -0.4 is 9.46 Å². The standard InChI is InChI=1S/C25H21NO3S/c1-16-5-7-17(8-6-16)20-3-2-4-22-21(20)13-14-23(22)29-19-11-9-18(10-12-19)24-15-25(27)26-30(24)28/h2-12,15,23H,13-14H2,1H3,(H,26,27)/t23-,30?/m1/s1. The molecular formula is C25H21NO3S. The van der Waals surface area contributed by atoms with Crippen LogP contribution in [0.3, 0.4) is 0 Å². The second-order valence-electron chi connectivity index (χ2n) is 7.65. The van der Waals surface area contributed by atoms with Crippen molar-refractivity contribution >= 4 is 21.8 Å². The number of carbonyl (C=O) groups is 1. The number of aryl methyl sites for hydroxylation is 1. The molecule has 0 saturated carbocycles. The predicted octanol–water partition coefficient (Wildman–Crippen LogP) is 4.86. The van der Waals surface area contributed by atoms with Crippen LogP contribution in [0.5, 0.6) is 5.75 Å². The molecule has 5 heteroatoms. The molecule has 1 amide bonds. The Kier molecular flexibility index (Phi) is 4.75. The van der Waals surface area contributed by atoms with E-state index >= 15 is 0 Å². The van der Waals surface area contributed by atoms with Crippen molar-refractivity contribution in [2.45, 2.75) is 25.9 Å². The molecular weight excluding hydrogens is 394 g/mol. The summed E-state index contributed by atoms with van der Waals surface area (Å²) in [4.78, 5) is 11.9. The molecule has 0 spiro atoms. The van der Waals surface area contributed by atoms with Crippen molar-refractivity contribution < 1.29 is 13.7 Å². The van der Waals surface area contributed by atoms with E-state index in [0.29, 0.717) is 4.91 Å². The van der Waals surface area contributed by atoms with E-state index in [0.717, 1.165) is 24.2 Å². The van der Waals surface area contributed by atoms with Crippen LogP contribution in [0, 0.1) is 6.92 Å². The average molecular weight is 416 g/mol. The Morgan fingerprint density at radius 2 is 1.70 bits per heavy atom. The first-order valence-corrected chi connectivity index (χ1v) is 11.1. The van der Waals surface area contributed by atoms with Crippen molar-refractivity contribution in [2.24, 2.45) is 0 Å². The highest BCUT2D eigenvalue weighted by atomic mass is 32.2. The minimum Gasteiger partial charge on any atom is -0.486 e. The van der Waals surface area contributed by atoms with E-state index in [1.807, 2.05) is 24.3 Å². The van der Waals surface area contributed by atoms with Crippen molar-refractivity contribution in [3.05, 3.63) is 95.1 Å². The summed E-state index contributed by atoms with van der Waals surface area (Å²) >= 11 is 0. The monoisotopic (exact) mass is 415 g/mol. The van der Waals surface area contributed by atoms with Gasteiger partial charge in [0.15, 0.2) is 11.0 Å². The van der Waals surface area contributed by atoms with Gasteiger partial charge < -0.3 is 4.74 Å². The molecule has 1 unspecified atom stereocenters. The summed E-state index contributed by atoms with van der Waals surface area (Å²) in [5.41, 5.74) is 7.14. The van der Waals surface area contributed by atoms with Crippen LogP contribution in [0.4, 0.5) is 0 Å². The number of amides is 1. The first kappa shape index (κ1) is 18.8. The van der Waals surface area contributed by atoms with Crippen LogP contribution >= 0.6 is 0 Å². The van der Waals surface area contributed by atoms with E-state index in [-0.39, 0.29) is 12.0 Å². The fourth-order valence-electron chi connectivity index (χ4n) is 4.14. The smallest absolute Gasteiger partial charge is 0.257 e. The summed E-state index contributed by atoms with van der Waals surface area (Å²) in [5, 5.41) is 0. The summed E-state index contributed by atoms with van der Waals surface area (Å²) in [5.74, 6) is 0.441. The van der Waals surface area contributed by atoms with Crippen molar-refractivity contribution in [1.82, 2.24) is 4.72 Å². The lowest BCUT2D eigenvalue weighted by Gasteiger charge is -2.16. The largest absolute Gasteiger partial charge is 0.486 e. The highest BCUT2D eigenvalue weighted by Crippen LogP contribution is 2.40. The zero-order chi connectivity index (χ0) is 20.7. The zero-order valence-electron chi connectivity index (χ0n) is 16.6. The third kappa shape index (κ3) is 3.46. The lowest BCUT2D eigenvalue weighted by atomic mass is 9.96. The molecule has 0 saturated heterocycles. The van der Waals surface area contributed by atoms with Crippen molar-refractivity contribution in [2.75, 3.05) is 0 Å². The highest BCUT2D eigenvalue weighted by molar-refractivity contribution is 7.93. The molecule has 0 radical (unpaired) electrons. The highest BCUT2D eigenvalue weighted by Gasteiger charge is 2.27. The topological polar surface area (TPSA) is 55.4 Å². The summed E-state index contributed by atoms with van der Waals surface area (Å²) in [7, 11) is -1.48. The summed E-state index contributed by atoms with van der Waals surface area (Å²) in [6.07, 6.45) is 3.32. The van der Waals surface area contributed by atoms with Gasteiger partial charge in [-0.2, -0.15) is 0 Å². The molecule has 0 aromatic heterocycles. The summed E-state index contributed by atoms with van der Waals surface area (Å²) in [6, 6.07) is 22.5. The molecule has 150 valence electrons. The predicted molar refractivity (Wildman–Crippen MR) is 119 cm³/mol. The van der Waals surface area contributed by atoms with Gasteiger partial charge in [-0.15, -0.1) is 0 Å². The summed E-state index contributed by atoms with van der Waals surface area (Å²) in [6.45, 7) is 2.10. The number of rotatable bonds is 4. The van der Waals surface area contributed by atoms with Gasteiger partial charge in [0, 0.05) is 6.08 Å². The Labute approximate surface area is 178 Å². The first-order valence-electron chi connectivity index (χ1n) is 9.98. The molecule has 0 fully saturated rings. The molecule has 1 N–H and O–H groups in total. The first-order chi connectivity index (χ1) is 14.6. The number of benzene rings is 3. The van der Waals surface area contributed by atoms with Crippen LogP contribution in [0.1, 0.15) is 34.8 Å². The molecule has 1 heterocycles. The van der Waals surface area contributed by atoms with Gasteiger partial charge in [0.05, 0.1) is 4.91 Å². The molecule has 1 aliphatic carbocycles. The fraction of sp³-hybridized carbons (Fsp3) is 0.160. The van der Waals surface area contributed by atoms with E-state index in [1.165, 1.54) is 33.9 Å². The van der Waals surface area contributed by atoms with Gasteiger partial charge in [-0.3, -0.25) is 9.52 Å². The number of hydrogen-bond acceptors (Lipinski definition) is 3. The molecule has 30 heavy (non-hydrogen) atoms. The quantitative estimate of drug-likeness (QED) is 0.662. The van der Waals surface area contributed by atoms with Crippen LogP contribution in [-0.4, -0.2) is 10.1 Å². The second-order valence-corrected chi connectivity index (χ2v) is 8.83. The summed E-state index contributed by atoms with van der Waals surface area (Å²) < 4.78 is 20.6. The SMILES string of the molecule is Cc1ccc(-c2cccc3c2CC[C@H]3Oc2ccc(C3=CC(=O)NS3=O)cc2)cc1.